The van der Waals surface area contributed by atoms with Crippen LogP contribution in [-0.2, 0) is 36.8 Å². The Morgan fingerprint density at radius 1 is 0.818 bits per heavy atom. The van der Waals surface area contributed by atoms with Crippen molar-refractivity contribution in [3.63, 3.8) is 0 Å². The van der Waals surface area contributed by atoms with Gasteiger partial charge in [0.1, 0.15) is 0 Å². The minimum absolute atomic E-state index is 0.263. The second-order valence-corrected chi connectivity index (χ2v) is 9.74. The minimum Gasteiger partial charge on any atom is -0.469 e. The molecule has 0 aliphatic rings. The summed E-state index contributed by atoms with van der Waals surface area (Å²) in [5.74, 6) is -0.282. The molecule has 0 heterocycles. The fourth-order valence-electron chi connectivity index (χ4n) is 2.00. The normalized spacial score (nSPS) is 12.6. The molecule has 8 nitrogen and oxygen atoms in total. The molecule has 132 valence electrons. The van der Waals surface area contributed by atoms with Crippen LogP contribution < -0.4 is 0 Å². The van der Waals surface area contributed by atoms with Gasteiger partial charge in [-0.3, -0.25) is 13.9 Å². The van der Waals surface area contributed by atoms with Gasteiger partial charge in [0.25, 0.3) is 0 Å². The van der Waals surface area contributed by atoms with Crippen molar-refractivity contribution in [1.29, 1.82) is 0 Å². The molecule has 0 unspecified atom stereocenters. The number of hydrogen-bond donors (Lipinski definition) is 0. The number of carbonyl (C=O) groups excluding carboxylic acids is 1. The summed E-state index contributed by atoms with van der Waals surface area (Å²) in [6.07, 6.45) is 2.42. The molecule has 0 bridgehead atoms. The van der Waals surface area contributed by atoms with Gasteiger partial charge in [-0.05, 0) is 12.8 Å². The zero-order chi connectivity index (χ0) is 17.2. The molecule has 0 fully saturated rings. The lowest BCUT2D eigenvalue weighted by Crippen LogP contribution is -2.14. The first-order valence-electron chi connectivity index (χ1n) is 6.82. The van der Waals surface area contributed by atoms with Crippen LogP contribution >= 0.6 is 15.2 Å². The van der Waals surface area contributed by atoms with Crippen molar-refractivity contribution in [3.05, 3.63) is 0 Å². The van der Waals surface area contributed by atoms with Crippen LogP contribution in [0.1, 0.15) is 32.1 Å². The van der Waals surface area contributed by atoms with Crippen molar-refractivity contribution in [2.24, 2.45) is 0 Å². The van der Waals surface area contributed by atoms with Gasteiger partial charge in [0.2, 0.25) is 0 Å². The Kier molecular flexibility index (Phi) is 10.4. The Labute approximate surface area is 131 Å². The predicted molar refractivity (Wildman–Crippen MR) is 82.1 cm³/mol. The number of methoxy groups -OCH3 is 1. The number of carbonyl (C=O) groups is 1. The van der Waals surface area contributed by atoms with E-state index in [9.17, 15) is 13.9 Å². The monoisotopic (exact) mass is 360 g/mol. The van der Waals surface area contributed by atoms with Gasteiger partial charge in [-0.25, -0.2) is 0 Å². The molecule has 0 aromatic carbocycles. The molecule has 0 atom stereocenters. The van der Waals surface area contributed by atoms with Crippen molar-refractivity contribution in [1.82, 2.24) is 0 Å². The molecule has 0 saturated carbocycles. The molecule has 0 aliphatic heterocycles. The van der Waals surface area contributed by atoms with E-state index in [1.165, 1.54) is 35.5 Å². The maximum absolute atomic E-state index is 12.6. The van der Waals surface area contributed by atoms with Gasteiger partial charge in [-0.2, -0.15) is 0 Å². The first-order valence-corrected chi connectivity index (χ1v) is 10.0. The standard InChI is InChI=1S/C12H26O8P2/c1-16-11(13)9-7-6-8-10-12(21(14,17-2)18-3)22(15,19-4)20-5/h12H,6-10H2,1-5H3. The molecular formula is C12H26O8P2. The lowest BCUT2D eigenvalue weighted by atomic mass is 10.1. The molecule has 0 aromatic heterocycles. The lowest BCUT2D eigenvalue weighted by Gasteiger charge is -2.28. The zero-order valence-corrected chi connectivity index (χ0v) is 15.6. The van der Waals surface area contributed by atoms with E-state index in [2.05, 4.69) is 4.74 Å². The van der Waals surface area contributed by atoms with Crippen LogP contribution in [0.5, 0.6) is 0 Å². The van der Waals surface area contributed by atoms with Crippen LogP contribution in [0.25, 0.3) is 0 Å². The maximum Gasteiger partial charge on any atom is 0.345 e. The summed E-state index contributed by atoms with van der Waals surface area (Å²) in [6, 6.07) is 0. The summed E-state index contributed by atoms with van der Waals surface area (Å²) >= 11 is 0. The SMILES string of the molecule is COC(=O)CCCCCC(P(=O)(OC)OC)P(=O)(OC)OC. The number of rotatable bonds is 12. The summed E-state index contributed by atoms with van der Waals surface area (Å²) in [5.41, 5.74) is 0. The van der Waals surface area contributed by atoms with Gasteiger partial charge < -0.3 is 22.8 Å². The third-order valence-corrected chi connectivity index (χ3v) is 9.03. The van der Waals surface area contributed by atoms with Gasteiger partial charge >= 0.3 is 21.2 Å². The van der Waals surface area contributed by atoms with Gasteiger partial charge in [-0.1, -0.05) is 12.8 Å². The number of ether oxygens (including phenoxy) is 1. The van der Waals surface area contributed by atoms with Crippen molar-refractivity contribution in [2.45, 2.75) is 37.5 Å². The van der Waals surface area contributed by atoms with Gasteiger partial charge in [0.05, 0.1) is 7.11 Å². The quantitative estimate of drug-likeness (QED) is 0.297. The summed E-state index contributed by atoms with van der Waals surface area (Å²) in [4.78, 5) is 11.0. The molecular weight excluding hydrogens is 334 g/mol. The molecule has 0 aliphatic carbocycles. The molecule has 22 heavy (non-hydrogen) atoms. The third kappa shape index (κ3) is 6.11. The Morgan fingerprint density at radius 3 is 1.64 bits per heavy atom. The lowest BCUT2D eigenvalue weighted by molar-refractivity contribution is -0.140. The van der Waals surface area contributed by atoms with Crippen LogP contribution in [0.15, 0.2) is 0 Å². The largest absolute Gasteiger partial charge is 0.469 e. The van der Waals surface area contributed by atoms with Crippen molar-refractivity contribution in [3.8, 4) is 0 Å². The molecule has 0 spiro atoms. The van der Waals surface area contributed by atoms with Crippen LogP contribution in [0, 0.1) is 0 Å². The number of esters is 1. The first kappa shape index (κ1) is 21.8. The molecule has 0 radical (unpaired) electrons. The molecule has 10 heteroatoms. The Bertz CT molecular complexity index is 383. The molecule has 0 N–H and O–H groups in total. The van der Waals surface area contributed by atoms with Gasteiger partial charge in [-0.15, -0.1) is 0 Å². The van der Waals surface area contributed by atoms with E-state index < -0.39 is 20.6 Å². The summed E-state index contributed by atoms with van der Waals surface area (Å²) in [7, 11) is -1.01. The van der Waals surface area contributed by atoms with Crippen LogP contribution in [0.4, 0.5) is 0 Å². The predicted octanol–water partition coefficient (Wildman–Crippen LogP) is 3.41. The van der Waals surface area contributed by atoms with Crippen molar-refractivity contribution >= 4 is 21.2 Å². The van der Waals surface area contributed by atoms with Crippen LogP contribution in [-0.4, -0.2) is 46.9 Å². The Hall–Kier alpha value is -0.230. The van der Waals surface area contributed by atoms with E-state index in [0.29, 0.717) is 25.7 Å². The van der Waals surface area contributed by atoms with Crippen molar-refractivity contribution < 1.29 is 36.8 Å². The Morgan fingerprint density at radius 2 is 1.27 bits per heavy atom. The first-order chi connectivity index (χ1) is 10.3. The van der Waals surface area contributed by atoms with E-state index in [-0.39, 0.29) is 12.4 Å². The molecule has 0 saturated heterocycles. The fraction of sp³-hybridized carbons (Fsp3) is 0.917. The third-order valence-electron chi connectivity index (χ3n) is 3.32. The van der Waals surface area contributed by atoms with E-state index in [0.717, 1.165) is 0 Å². The molecule has 0 amide bonds. The van der Waals surface area contributed by atoms with E-state index in [4.69, 9.17) is 18.1 Å². The topological polar surface area (TPSA) is 97.4 Å². The van der Waals surface area contributed by atoms with Gasteiger partial charge in [0, 0.05) is 34.9 Å². The fourth-order valence-corrected chi connectivity index (χ4v) is 6.79. The second-order valence-electron chi connectivity index (χ2n) is 4.47. The molecule has 0 rings (SSSR count). The highest BCUT2D eigenvalue weighted by atomic mass is 31.2. The van der Waals surface area contributed by atoms with E-state index in [1.54, 1.807) is 0 Å². The zero-order valence-electron chi connectivity index (χ0n) is 13.8. The Balaban J connectivity index is 4.80. The summed E-state index contributed by atoms with van der Waals surface area (Å²) in [6.45, 7) is 0. The average Bonchev–Trinajstić information content (AvgIpc) is 2.56. The maximum atomic E-state index is 12.6. The van der Waals surface area contributed by atoms with Crippen LogP contribution in [0.3, 0.4) is 0 Å². The smallest absolute Gasteiger partial charge is 0.345 e. The average molecular weight is 360 g/mol. The van der Waals surface area contributed by atoms with Crippen molar-refractivity contribution in [2.75, 3.05) is 35.5 Å². The number of hydrogen-bond acceptors (Lipinski definition) is 8. The van der Waals surface area contributed by atoms with E-state index >= 15 is 0 Å². The van der Waals surface area contributed by atoms with E-state index in [1.807, 2.05) is 0 Å². The highest BCUT2D eigenvalue weighted by Gasteiger charge is 2.48. The van der Waals surface area contributed by atoms with Crippen LogP contribution in [0.2, 0.25) is 0 Å². The van der Waals surface area contributed by atoms with Gasteiger partial charge in [0.15, 0.2) is 5.40 Å². The highest BCUT2D eigenvalue weighted by molar-refractivity contribution is 7.72. The molecule has 0 aromatic rings. The minimum atomic E-state index is -3.62. The number of unbranched alkanes of at least 4 members (excludes halogenated alkanes) is 2. The highest BCUT2D eigenvalue weighted by Crippen LogP contribution is 2.70. The second kappa shape index (κ2) is 10.5. The summed E-state index contributed by atoms with van der Waals surface area (Å²) in [5, 5.41) is -1.01. The summed E-state index contributed by atoms with van der Waals surface area (Å²) < 4.78 is 49.5.